The SMILES string of the molecule is N[C@H](CO)c1cc([N+](=O)[O-])c(F)cc1F. The number of hydrogen-bond donors (Lipinski definition) is 2. The van der Waals surface area contributed by atoms with Crippen LogP contribution in [0.5, 0.6) is 0 Å². The number of hydrogen-bond acceptors (Lipinski definition) is 4. The van der Waals surface area contributed by atoms with Crippen molar-refractivity contribution in [3.8, 4) is 0 Å². The van der Waals surface area contributed by atoms with E-state index in [2.05, 4.69) is 0 Å². The van der Waals surface area contributed by atoms with Gasteiger partial charge in [0, 0.05) is 17.7 Å². The highest BCUT2D eigenvalue weighted by Gasteiger charge is 2.21. The van der Waals surface area contributed by atoms with Gasteiger partial charge in [-0.25, -0.2) is 4.39 Å². The Morgan fingerprint density at radius 1 is 1.47 bits per heavy atom. The van der Waals surface area contributed by atoms with E-state index in [0.717, 1.165) is 0 Å². The maximum Gasteiger partial charge on any atom is 0.305 e. The van der Waals surface area contributed by atoms with E-state index >= 15 is 0 Å². The Morgan fingerprint density at radius 3 is 2.53 bits per heavy atom. The maximum atomic E-state index is 13.1. The molecule has 15 heavy (non-hydrogen) atoms. The Labute approximate surface area is 83.3 Å². The lowest BCUT2D eigenvalue weighted by molar-refractivity contribution is -0.387. The molecule has 0 radical (unpaired) electrons. The fourth-order valence-corrected chi connectivity index (χ4v) is 1.08. The fourth-order valence-electron chi connectivity index (χ4n) is 1.08. The van der Waals surface area contributed by atoms with Gasteiger partial charge in [-0.2, -0.15) is 4.39 Å². The summed E-state index contributed by atoms with van der Waals surface area (Å²) in [5.41, 5.74) is 4.13. The highest BCUT2D eigenvalue weighted by molar-refractivity contribution is 5.38. The van der Waals surface area contributed by atoms with E-state index in [4.69, 9.17) is 10.8 Å². The molecular formula is C8H8F2N2O3. The maximum absolute atomic E-state index is 13.1. The molecule has 7 heteroatoms. The third-order valence-corrected chi connectivity index (χ3v) is 1.86. The van der Waals surface area contributed by atoms with Gasteiger partial charge in [0.2, 0.25) is 5.82 Å². The van der Waals surface area contributed by atoms with E-state index in [1.54, 1.807) is 0 Å². The Kier molecular flexibility index (Phi) is 3.28. The topological polar surface area (TPSA) is 89.4 Å². The number of nitro groups is 1. The van der Waals surface area contributed by atoms with Crippen LogP contribution in [0, 0.1) is 21.7 Å². The molecule has 1 aromatic carbocycles. The van der Waals surface area contributed by atoms with Crippen LogP contribution in [0.1, 0.15) is 11.6 Å². The van der Waals surface area contributed by atoms with Crippen molar-refractivity contribution in [2.24, 2.45) is 5.73 Å². The average molecular weight is 218 g/mol. The van der Waals surface area contributed by atoms with E-state index in [0.29, 0.717) is 12.1 Å². The molecule has 1 atom stereocenters. The predicted octanol–water partition coefficient (Wildman–Crippen LogP) is 0.865. The normalized spacial score (nSPS) is 12.5. The second-order valence-electron chi connectivity index (χ2n) is 2.87. The minimum atomic E-state index is -1.27. The molecule has 3 N–H and O–H groups in total. The Morgan fingerprint density at radius 2 is 2.07 bits per heavy atom. The summed E-state index contributed by atoms with van der Waals surface area (Å²) in [6, 6.07) is -0.0431. The first-order valence-electron chi connectivity index (χ1n) is 3.97. The van der Waals surface area contributed by atoms with Crippen molar-refractivity contribution in [3.63, 3.8) is 0 Å². The van der Waals surface area contributed by atoms with Crippen molar-refractivity contribution < 1.29 is 18.8 Å². The lowest BCUT2D eigenvalue weighted by Gasteiger charge is -2.09. The molecule has 0 bridgehead atoms. The molecular weight excluding hydrogens is 210 g/mol. The van der Waals surface area contributed by atoms with Crippen molar-refractivity contribution in [2.45, 2.75) is 6.04 Å². The summed E-state index contributed by atoms with van der Waals surface area (Å²) in [7, 11) is 0. The van der Waals surface area contributed by atoms with Crippen LogP contribution in [0.25, 0.3) is 0 Å². The van der Waals surface area contributed by atoms with Crippen LogP contribution in [-0.2, 0) is 0 Å². The van der Waals surface area contributed by atoms with Crippen LogP contribution in [0.4, 0.5) is 14.5 Å². The van der Waals surface area contributed by atoms with Gasteiger partial charge < -0.3 is 10.8 Å². The van der Waals surface area contributed by atoms with Gasteiger partial charge >= 0.3 is 5.69 Å². The smallest absolute Gasteiger partial charge is 0.305 e. The minimum absolute atomic E-state index is 0.286. The zero-order chi connectivity index (χ0) is 11.6. The van der Waals surface area contributed by atoms with Gasteiger partial charge in [0.1, 0.15) is 5.82 Å². The summed E-state index contributed by atoms with van der Waals surface area (Å²) < 4.78 is 25.9. The van der Waals surface area contributed by atoms with E-state index in [9.17, 15) is 18.9 Å². The lowest BCUT2D eigenvalue weighted by atomic mass is 10.1. The van der Waals surface area contributed by atoms with Gasteiger partial charge in [0.25, 0.3) is 0 Å². The number of nitrogens with two attached hydrogens (primary N) is 1. The van der Waals surface area contributed by atoms with Crippen LogP contribution in [0.3, 0.4) is 0 Å². The van der Waals surface area contributed by atoms with Crippen LogP contribution in [0.15, 0.2) is 12.1 Å². The van der Waals surface area contributed by atoms with Crippen molar-refractivity contribution in [2.75, 3.05) is 6.61 Å². The molecule has 5 nitrogen and oxygen atoms in total. The zero-order valence-electron chi connectivity index (χ0n) is 7.48. The number of nitro benzene ring substituents is 1. The highest BCUT2D eigenvalue weighted by Crippen LogP contribution is 2.24. The zero-order valence-corrected chi connectivity index (χ0v) is 7.48. The molecule has 0 aliphatic heterocycles. The number of benzene rings is 1. The quantitative estimate of drug-likeness (QED) is 0.581. The number of halogens is 2. The lowest BCUT2D eigenvalue weighted by Crippen LogP contribution is -2.16. The predicted molar refractivity (Wildman–Crippen MR) is 47.0 cm³/mol. The van der Waals surface area contributed by atoms with Gasteiger partial charge in [0.15, 0.2) is 0 Å². The summed E-state index contributed by atoms with van der Waals surface area (Å²) in [5.74, 6) is -2.29. The van der Waals surface area contributed by atoms with Crippen molar-refractivity contribution in [1.82, 2.24) is 0 Å². The molecule has 0 aliphatic rings. The molecule has 1 aromatic rings. The molecule has 0 aromatic heterocycles. The fraction of sp³-hybridized carbons (Fsp3) is 0.250. The Bertz CT molecular complexity index is 398. The van der Waals surface area contributed by atoms with Crippen LogP contribution >= 0.6 is 0 Å². The number of nitrogens with zero attached hydrogens (tertiary/aromatic N) is 1. The molecule has 0 amide bonds. The molecule has 0 aliphatic carbocycles. The van der Waals surface area contributed by atoms with E-state index in [1.165, 1.54) is 0 Å². The van der Waals surface area contributed by atoms with Gasteiger partial charge in [-0.1, -0.05) is 0 Å². The third-order valence-electron chi connectivity index (χ3n) is 1.86. The monoisotopic (exact) mass is 218 g/mol. The van der Waals surface area contributed by atoms with Crippen LogP contribution in [-0.4, -0.2) is 16.6 Å². The summed E-state index contributed by atoms with van der Waals surface area (Å²) in [6.45, 7) is -0.584. The third kappa shape index (κ3) is 2.25. The second kappa shape index (κ2) is 4.28. The first-order valence-corrected chi connectivity index (χ1v) is 3.97. The first-order chi connectivity index (χ1) is 6.97. The minimum Gasteiger partial charge on any atom is -0.394 e. The number of aliphatic hydroxyl groups excluding tert-OH is 1. The van der Waals surface area contributed by atoms with Gasteiger partial charge in [-0.05, 0) is 0 Å². The highest BCUT2D eigenvalue weighted by atomic mass is 19.1. The molecule has 0 saturated heterocycles. The molecule has 82 valence electrons. The molecule has 0 fully saturated rings. The van der Waals surface area contributed by atoms with Crippen LogP contribution < -0.4 is 5.73 Å². The van der Waals surface area contributed by atoms with Crippen LogP contribution in [0.2, 0.25) is 0 Å². The average Bonchev–Trinajstić information content (AvgIpc) is 2.16. The Balaban J connectivity index is 3.29. The first kappa shape index (κ1) is 11.5. The molecule has 0 heterocycles. The molecule has 0 saturated carbocycles. The van der Waals surface area contributed by atoms with Gasteiger partial charge in [0.05, 0.1) is 17.6 Å². The summed E-state index contributed by atoms with van der Waals surface area (Å²) in [6.07, 6.45) is 0. The summed E-state index contributed by atoms with van der Waals surface area (Å²) >= 11 is 0. The number of rotatable bonds is 3. The Hall–Kier alpha value is -1.60. The number of aliphatic hydroxyl groups is 1. The van der Waals surface area contributed by atoms with E-state index in [-0.39, 0.29) is 5.56 Å². The summed E-state index contributed by atoms with van der Waals surface area (Å²) in [4.78, 5) is 9.35. The molecule has 0 spiro atoms. The van der Waals surface area contributed by atoms with Gasteiger partial charge in [-0.3, -0.25) is 10.1 Å². The van der Waals surface area contributed by atoms with Crippen molar-refractivity contribution in [3.05, 3.63) is 39.4 Å². The van der Waals surface area contributed by atoms with E-state index < -0.39 is 34.9 Å². The van der Waals surface area contributed by atoms with E-state index in [1.807, 2.05) is 0 Å². The molecule has 0 unspecified atom stereocenters. The van der Waals surface area contributed by atoms with Crippen molar-refractivity contribution in [1.29, 1.82) is 0 Å². The summed E-state index contributed by atoms with van der Waals surface area (Å²) in [5, 5.41) is 19.0. The van der Waals surface area contributed by atoms with Gasteiger partial charge in [-0.15, -0.1) is 0 Å². The van der Waals surface area contributed by atoms with Crippen molar-refractivity contribution >= 4 is 5.69 Å². The largest absolute Gasteiger partial charge is 0.394 e. The molecule has 1 rings (SSSR count). The second-order valence-corrected chi connectivity index (χ2v) is 2.87. The standard InChI is InChI=1S/C8H8F2N2O3/c9-5-2-6(10)8(12(14)15)1-4(5)7(11)3-13/h1-2,7,13H,3,11H2/t7-/m1/s1.